The molecule has 2 aromatic rings. The monoisotopic (exact) mass is 409 g/mol. The van der Waals surface area contributed by atoms with Crippen LogP contribution in [-0.2, 0) is 20.9 Å². The lowest BCUT2D eigenvalue weighted by Crippen LogP contribution is -2.34. The molecular formula is C22H23N3O5. The molecule has 1 aliphatic rings. The molecule has 8 heteroatoms. The minimum atomic E-state index is -0.688. The summed E-state index contributed by atoms with van der Waals surface area (Å²) in [4.78, 5) is 51.2. The number of likely N-dealkylation sites (N-methyl/N-ethyl adjacent to an activating group) is 1. The van der Waals surface area contributed by atoms with E-state index in [1.54, 1.807) is 25.2 Å². The van der Waals surface area contributed by atoms with Crippen LogP contribution >= 0.6 is 0 Å². The topological polar surface area (TPSA) is 96.0 Å². The van der Waals surface area contributed by atoms with Gasteiger partial charge in [-0.1, -0.05) is 48.5 Å². The van der Waals surface area contributed by atoms with Crippen molar-refractivity contribution in [3.63, 3.8) is 0 Å². The lowest BCUT2D eigenvalue weighted by Gasteiger charge is -2.25. The Morgan fingerprint density at radius 1 is 1.10 bits per heavy atom. The fourth-order valence-corrected chi connectivity index (χ4v) is 3.12. The smallest absolute Gasteiger partial charge is 0.338 e. The van der Waals surface area contributed by atoms with Gasteiger partial charge in [-0.15, -0.1) is 0 Å². The normalized spacial score (nSPS) is 14.3. The molecule has 156 valence electrons. The predicted molar refractivity (Wildman–Crippen MR) is 108 cm³/mol. The van der Waals surface area contributed by atoms with Gasteiger partial charge in [-0.25, -0.2) is 9.59 Å². The molecular weight excluding hydrogens is 386 g/mol. The van der Waals surface area contributed by atoms with Crippen LogP contribution in [-0.4, -0.2) is 53.8 Å². The molecule has 30 heavy (non-hydrogen) atoms. The second kappa shape index (κ2) is 9.21. The summed E-state index contributed by atoms with van der Waals surface area (Å²) in [5, 5.41) is 2.44. The molecule has 1 heterocycles. The number of nitrogens with zero attached hydrogens (tertiary/aromatic N) is 2. The van der Waals surface area contributed by atoms with Gasteiger partial charge in [0.25, 0.3) is 5.91 Å². The molecule has 0 saturated carbocycles. The van der Waals surface area contributed by atoms with Crippen molar-refractivity contribution in [3.05, 3.63) is 71.3 Å². The van der Waals surface area contributed by atoms with E-state index in [-0.39, 0.29) is 36.5 Å². The third-order valence-electron chi connectivity index (χ3n) is 5.09. The molecule has 1 N–H and O–H groups in total. The highest BCUT2D eigenvalue weighted by atomic mass is 16.5. The first-order chi connectivity index (χ1) is 14.4. The molecule has 0 spiro atoms. The molecule has 0 aliphatic carbocycles. The number of amides is 4. The van der Waals surface area contributed by atoms with E-state index in [1.807, 2.05) is 37.3 Å². The highest BCUT2D eigenvalue weighted by Crippen LogP contribution is 2.19. The van der Waals surface area contributed by atoms with Crippen LogP contribution in [0.2, 0.25) is 0 Å². The second-order valence-corrected chi connectivity index (χ2v) is 6.96. The summed E-state index contributed by atoms with van der Waals surface area (Å²) in [6.07, 6.45) is 0. The number of nitrogens with one attached hydrogen (secondary N) is 1. The molecule has 0 radical (unpaired) electrons. The summed E-state index contributed by atoms with van der Waals surface area (Å²) < 4.78 is 5.22. The van der Waals surface area contributed by atoms with Crippen LogP contribution in [0.3, 0.4) is 0 Å². The molecule has 0 aromatic heterocycles. The molecule has 8 nitrogen and oxygen atoms in total. The predicted octanol–water partition coefficient (Wildman–Crippen LogP) is 2.11. The van der Waals surface area contributed by atoms with Crippen molar-refractivity contribution in [2.45, 2.75) is 19.5 Å². The van der Waals surface area contributed by atoms with Gasteiger partial charge in [-0.05, 0) is 24.1 Å². The van der Waals surface area contributed by atoms with Gasteiger partial charge in [0.15, 0.2) is 6.61 Å². The summed E-state index contributed by atoms with van der Waals surface area (Å²) in [6, 6.07) is 15.4. The van der Waals surface area contributed by atoms with Gasteiger partial charge < -0.3 is 15.0 Å². The van der Waals surface area contributed by atoms with Gasteiger partial charge in [0, 0.05) is 7.05 Å². The largest absolute Gasteiger partial charge is 0.452 e. The van der Waals surface area contributed by atoms with Gasteiger partial charge in [-0.2, -0.15) is 0 Å². The summed E-state index contributed by atoms with van der Waals surface area (Å²) in [5.74, 6) is -1.40. The number of hydrogen-bond donors (Lipinski definition) is 1. The molecule has 2 aromatic carbocycles. The first kappa shape index (κ1) is 21.0. The standard InChI is InChI=1S/C22H23N3O5/c1-15(16-8-4-3-5-9-16)24(2)20(27)14-30-21(28)18-11-7-6-10-17(18)13-25-19(26)12-23-22(25)29/h3-11,15H,12-14H2,1-2H3,(H,23,29). The van der Waals surface area contributed by atoms with Crippen LogP contribution in [0.25, 0.3) is 0 Å². The van der Waals surface area contributed by atoms with E-state index in [0.29, 0.717) is 5.56 Å². The van der Waals surface area contributed by atoms with Gasteiger partial charge in [0.05, 0.1) is 24.7 Å². The van der Waals surface area contributed by atoms with Gasteiger partial charge >= 0.3 is 12.0 Å². The van der Waals surface area contributed by atoms with Crippen molar-refractivity contribution in [3.8, 4) is 0 Å². The van der Waals surface area contributed by atoms with Crippen LogP contribution in [0.4, 0.5) is 4.79 Å². The summed E-state index contributed by atoms with van der Waals surface area (Å²) >= 11 is 0. The Kier molecular flexibility index (Phi) is 6.46. The molecule has 1 saturated heterocycles. The Labute approximate surface area is 174 Å². The summed E-state index contributed by atoms with van der Waals surface area (Å²) in [5.41, 5.74) is 1.64. The number of hydrogen-bond acceptors (Lipinski definition) is 5. The van der Waals surface area contributed by atoms with Gasteiger partial charge in [0.1, 0.15) is 0 Å². The van der Waals surface area contributed by atoms with E-state index in [0.717, 1.165) is 10.5 Å². The van der Waals surface area contributed by atoms with Crippen LogP contribution in [0.1, 0.15) is 34.5 Å². The molecule has 1 unspecified atom stereocenters. The minimum absolute atomic E-state index is 0.0468. The number of ether oxygens (including phenoxy) is 1. The Hall–Kier alpha value is -3.68. The van der Waals surface area contributed by atoms with Crippen molar-refractivity contribution < 1.29 is 23.9 Å². The molecule has 4 amide bonds. The van der Waals surface area contributed by atoms with E-state index < -0.39 is 18.6 Å². The molecule has 0 bridgehead atoms. The number of esters is 1. The average Bonchev–Trinajstić information content (AvgIpc) is 3.09. The van der Waals surface area contributed by atoms with Crippen LogP contribution in [0.15, 0.2) is 54.6 Å². The number of carbonyl (C=O) groups is 4. The van der Waals surface area contributed by atoms with Crippen LogP contribution in [0, 0.1) is 0 Å². The van der Waals surface area contributed by atoms with Crippen LogP contribution in [0.5, 0.6) is 0 Å². The average molecular weight is 409 g/mol. The molecule has 1 fully saturated rings. The lowest BCUT2D eigenvalue weighted by molar-refractivity contribution is -0.135. The Morgan fingerprint density at radius 3 is 2.43 bits per heavy atom. The van der Waals surface area contributed by atoms with Crippen molar-refractivity contribution in [1.29, 1.82) is 0 Å². The van der Waals surface area contributed by atoms with E-state index in [9.17, 15) is 19.2 Å². The highest BCUT2D eigenvalue weighted by Gasteiger charge is 2.29. The number of carbonyl (C=O) groups excluding carboxylic acids is 4. The zero-order valence-corrected chi connectivity index (χ0v) is 16.8. The third kappa shape index (κ3) is 4.65. The van der Waals surface area contributed by atoms with Gasteiger partial charge in [0.2, 0.25) is 5.91 Å². The molecule has 1 aliphatic heterocycles. The SMILES string of the molecule is CC(c1ccccc1)N(C)C(=O)COC(=O)c1ccccc1CN1C(=O)CNC1=O. The van der Waals surface area contributed by atoms with Crippen LogP contribution < -0.4 is 5.32 Å². The summed E-state index contributed by atoms with van der Waals surface area (Å²) in [6.45, 7) is 1.37. The number of urea groups is 1. The molecule has 3 rings (SSSR count). The number of imide groups is 1. The van der Waals surface area contributed by atoms with Crippen molar-refractivity contribution >= 4 is 23.8 Å². The zero-order valence-electron chi connectivity index (χ0n) is 16.8. The maximum absolute atomic E-state index is 12.6. The maximum atomic E-state index is 12.6. The Balaban J connectivity index is 1.63. The van der Waals surface area contributed by atoms with E-state index >= 15 is 0 Å². The van der Waals surface area contributed by atoms with E-state index in [2.05, 4.69) is 5.32 Å². The van der Waals surface area contributed by atoms with E-state index in [1.165, 1.54) is 11.0 Å². The third-order valence-corrected chi connectivity index (χ3v) is 5.09. The minimum Gasteiger partial charge on any atom is -0.452 e. The number of benzene rings is 2. The van der Waals surface area contributed by atoms with E-state index in [4.69, 9.17) is 4.74 Å². The fourth-order valence-electron chi connectivity index (χ4n) is 3.12. The zero-order chi connectivity index (χ0) is 21.7. The van der Waals surface area contributed by atoms with Gasteiger partial charge in [-0.3, -0.25) is 14.5 Å². The summed E-state index contributed by atoms with van der Waals surface area (Å²) in [7, 11) is 1.65. The lowest BCUT2D eigenvalue weighted by atomic mass is 10.1. The van der Waals surface area contributed by atoms with Crippen molar-refractivity contribution in [2.75, 3.05) is 20.2 Å². The quantitative estimate of drug-likeness (QED) is 0.558. The number of rotatable bonds is 7. The Morgan fingerprint density at radius 2 is 1.77 bits per heavy atom. The first-order valence-corrected chi connectivity index (χ1v) is 9.52. The highest BCUT2D eigenvalue weighted by molar-refractivity contribution is 6.02. The van der Waals surface area contributed by atoms with Crippen molar-refractivity contribution in [1.82, 2.24) is 15.1 Å². The Bertz CT molecular complexity index is 944. The van der Waals surface area contributed by atoms with Crippen molar-refractivity contribution in [2.24, 2.45) is 0 Å². The maximum Gasteiger partial charge on any atom is 0.338 e. The molecule has 1 atom stereocenters. The first-order valence-electron chi connectivity index (χ1n) is 9.52. The fraction of sp³-hybridized carbons (Fsp3) is 0.273. The second-order valence-electron chi connectivity index (χ2n) is 6.96.